The Bertz CT molecular complexity index is 1940. The molecule has 0 amide bonds. The smallest absolute Gasteiger partial charge is 0.217 e. The highest BCUT2D eigenvalue weighted by Gasteiger charge is 2.33. The van der Waals surface area contributed by atoms with Crippen LogP contribution in [0.4, 0.5) is 20.3 Å². The van der Waals surface area contributed by atoms with E-state index in [2.05, 4.69) is 31.2 Å². The van der Waals surface area contributed by atoms with Crippen molar-refractivity contribution in [2.75, 3.05) is 11.9 Å². The normalized spacial score (nSPS) is 12.6. The standard InChI is InChI=1S/C32H32BrF2N5O3S2/c1-5-29(40(6-2)45(41,42)19(3)4)32-39-28(17-44-32)23-14-24-27(15-26(23)35)36-18-37-31(24)38-22-10-11-30(25(33)13-22)43-16-20-8-7-9-21(34)12-20/h7-15,17-19,29H,5-6,16H2,1-4H3,(H,36,37,38). The van der Waals surface area contributed by atoms with Gasteiger partial charge in [0.2, 0.25) is 10.0 Å². The summed E-state index contributed by atoms with van der Waals surface area (Å²) in [7, 11) is -3.52. The maximum atomic E-state index is 15.4. The molecule has 1 unspecified atom stereocenters. The van der Waals surface area contributed by atoms with E-state index < -0.39 is 27.1 Å². The zero-order valence-electron chi connectivity index (χ0n) is 25.1. The number of hydrogen-bond donors (Lipinski definition) is 1. The second-order valence-electron chi connectivity index (χ2n) is 10.6. The molecule has 0 radical (unpaired) electrons. The van der Waals surface area contributed by atoms with Gasteiger partial charge in [-0.2, -0.15) is 4.31 Å². The lowest BCUT2D eigenvalue weighted by Crippen LogP contribution is -2.39. The van der Waals surface area contributed by atoms with Gasteiger partial charge in [0.05, 0.1) is 27.0 Å². The Labute approximate surface area is 273 Å². The molecule has 2 aromatic heterocycles. The quantitative estimate of drug-likeness (QED) is 0.138. The van der Waals surface area contributed by atoms with Gasteiger partial charge in [-0.1, -0.05) is 26.0 Å². The van der Waals surface area contributed by atoms with E-state index in [4.69, 9.17) is 9.72 Å². The van der Waals surface area contributed by atoms with Crippen molar-refractivity contribution < 1.29 is 21.9 Å². The molecule has 0 saturated heterocycles. The second kappa shape index (κ2) is 13.9. The number of sulfonamides is 1. The van der Waals surface area contributed by atoms with E-state index >= 15 is 4.39 Å². The van der Waals surface area contributed by atoms with Gasteiger partial charge in [0.1, 0.15) is 41.1 Å². The zero-order valence-corrected chi connectivity index (χ0v) is 28.3. The Kier molecular flexibility index (Phi) is 10.1. The molecule has 0 bridgehead atoms. The number of anilines is 2. The highest BCUT2D eigenvalue weighted by molar-refractivity contribution is 9.10. The lowest BCUT2D eigenvalue weighted by atomic mass is 10.1. The van der Waals surface area contributed by atoms with Crippen molar-refractivity contribution >= 4 is 59.7 Å². The van der Waals surface area contributed by atoms with Crippen molar-refractivity contribution in [2.45, 2.75) is 52.0 Å². The Balaban J connectivity index is 1.41. The average Bonchev–Trinajstić information content (AvgIpc) is 3.48. The molecule has 0 aliphatic carbocycles. The van der Waals surface area contributed by atoms with Crippen LogP contribution < -0.4 is 10.1 Å². The lowest BCUT2D eigenvalue weighted by Gasteiger charge is -2.29. The highest BCUT2D eigenvalue weighted by atomic mass is 79.9. The van der Waals surface area contributed by atoms with E-state index in [9.17, 15) is 12.8 Å². The monoisotopic (exact) mass is 715 g/mol. The molecule has 13 heteroatoms. The first-order valence-electron chi connectivity index (χ1n) is 14.4. The Hall–Kier alpha value is -3.52. The summed E-state index contributed by atoms with van der Waals surface area (Å²) in [4.78, 5) is 13.4. The lowest BCUT2D eigenvalue weighted by molar-refractivity contribution is 0.303. The van der Waals surface area contributed by atoms with E-state index in [1.165, 1.54) is 40.2 Å². The van der Waals surface area contributed by atoms with Gasteiger partial charge in [0, 0.05) is 34.6 Å². The zero-order chi connectivity index (χ0) is 32.3. The van der Waals surface area contributed by atoms with Gasteiger partial charge in [0.25, 0.3) is 0 Å². The largest absolute Gasteiger partial charge is 0.488 e. The third kappa shape index (κ3) is 7.16. The minimum absolute atomic E-state index is 0.204. The van der Waals surface area contributed by atoms with E-state index in [1.807, 2.05) is 19.1 Å². The van der Waals surface area contributed by atoms with E-state index in [1.54, 1.807) is 50.4 Å². The first kappa shape index (κ1) is 32.9. The topological polar surface area (TPSA) is 97.3 Å². The van der Waals surface area contributed by atoms with Crippen LogP contribution in [0, 0.1) is 11.6 Å². The average molecular weight is 717 g/mol. The molecule has 0 saturated carbocycles. The van der Waals surface area contributed by atoms with Crippen molar-refractivity contribution in [1.82, 2.24) is 19.3 Å². The van der Waals surface area contributed by atoms with E-state index in [0.29, 0.717) is 61.9 Å². The van der Waals surface area contributed by atoms with Crippen LogP contribution in [-0.2, 0) is 16.6 Å². The van der Waals surface area contributed by atoms with Gasteiger partial charge in [0.15, 0.2) is 0 Å². The number of nitrogens with zero attached hydrogens (tertiary/aromatic N) is 4. The molecule has 236 valence electrons. The molecule has 2 heterocycles. The summed E-state index contributed by atoms with van der Waals surface area (Å²) in [6, 6.07) is 14.2. The molecule has 3 aromatic carbocycles. The fraction of sp³-hybridized carbons (Fsp3) is 0.281. The Morgan fingerprint density at radius 1 is 1.07 bits per heavy atom. The Morgan fingerprint density at radius 2 is 1.87 bits per heavy atom. The Morgan fingerprint density at radius 3 is 2.56 bits per heavy atom. The second-order valence-corrected chi connectivity index (χ2v) is 14.7. The van der Waals surface area contributed by atoms with Crippen molar-refractivity contribution in [3.8, 4) is 17.0 Å². The van der Waals surface area contributed by atoms with Gasteiger partial charge in [-0.3, -0.25) is 0 Å². The number of halogens is 3. The number of fused-ring (bicyclic) bond motifs is 1. The summed E-state index contributed by atoms with van der Waals surface area (Å²) in [6.07, 6.45) is 1.88. The molecule has 5 aromatic rings. The number of thiazole rings is 1. The number of aromatic nitrogens is 3. The van der Waals surface area contributed by atoms with Crippen LogP contribution in [-0.4, -0.2) is 39.5 Å². The third-order valence-corrected chi connectivity index (χ3v) is 11.2. The molecule has 5 rings (SSSR count). The maximum absolute atomic E-state index is 15.4. The summed E-state index contributed by atoms with van der Waals surface area (Å²) >= 11 is 4.84. The molecule has 0 fully saturated rings. The predicted molar refractivity (Wildman–Crippen MR) is 178 cm³/mol. The predicted octanol–water partition coefficient (Wildman–Crippen LogP) is 8.63. The summed E-state index contributed by atoms with van der Waals surface area (Å²) in [5, 5.41) is 5.63. The molecule has 0 spiro atoms. The van der Waals surface area contributed by atoms with Gasteiger partial charge in [-0.25, -0.2) is 32.2 Å². The van der Waals surface area contributed by atoms with Crippen LogP contribution in [0.2, 0.25) is 0 Å². The van der Waals surface area contributed by atoms with Crippen LogP contribution in [0.25, 0.3) is 22.2 Å². The first-order valence-corrected chi connectivity index (χ1v) is 17.5. The molecular weight excluding hydrogens is 684 g/mol. The van der Waals surface area contributed by atoms with Crippen LogP contribution in [0.15, 0.2) is 70.8 Å². The van der Waals surface area contributed by atoms with Gasteiger partial charge in [-0.05, 0) is 78.2 Å². The summed E-state index contributed by atoms with van der Waals surface area (Å²) in [5.74, 6) is 0.218. The number of hydrogen-bond acceptors (Lipinski definition) is 8. The fourth-order valence-corrected chi connectivity index (χ4v) is 7.99. The molecule has 0 aliphatic rings. The molecular formula is C32H32BrF2N5O3S2. The molecule has 45 heavy (non-hydrogen) atoms. The van der Waals surface area contributed by atoms with Crippen LogP contribution in [0.1, 0.15) is 50.7 Å². The third-order valence-electron chi connectivity index (χ3n) is 7.25. The minimum atomic E-state index is -3.52. The van der Waals surface area contributed by atoms with Gasteiger partial charge >= 0.3 is 0 Å². The SMILES string of the molecule is CCC(c1nc(-c2cc3c(Nc4ccc(OCc5cccc(F)c5)c(Br)c4)ncnc3cc2F)cs1)N(CC)S(=O)(=O)C(C)C. The van der Waals surface area contributed by atoms with Crippen molar-refractivity contribution in [3.63, 3.8) is 0 Å². The summed E-state index contributed by atoms with van der Waals surface area (Å²) in [6.45, 7) is 7.55. The molecule has 8 nitrogen and oxygen atoms in total. The number of nitrogens with one attached hydrogen (secondary N) is 1. The van der Waals surface area contributed by atoms with Crippen LogP contribution in [0.3, 0.4) is 0 Å². The van der Waals surface area contributed by atoms with Crippen LogP contribution in [0.5, 0.6) is 5.75 Å². The molecule has 1 N–H and O–H groups in total. The van der Waals surface area contributed by atoms with Crippen molar-refractivity contribution in [2.24, 2.45) is 0 Å². The highest BCUT2D eigenvalue weighted by Crippen LogP contribution is 2.36. The summed E-state index contributed by atoms with van der Waals surface area (Å²) in [5.41, 5.74) is 2.47. The van der Waals surface area contributed by atoms with Crippen LogP contribution >= 0.6 is 27.3 Å². The maximum Gasteiger partial charge on any atom is 0.217 e. The first-order chi connectivity index (χ1) is 21.5. The van der Waals surface area contributed by atoms with Crippen molar-refractivity contribution in [1.29, 1.82) is 0 Å². The summed E-state index contributed by atoms with van der Waals surface area (Å²) < 4.78 is 63.0. The van der Waals surface area contributed by atoms with Gasteiger partial charge < -0.3 is 10.1 Å². The van der Waals surface area contributed by atoms with Gasteiger partial charge in [-0.15, -0.1) is 11.3 Å². The number of ether oxygens (including phenoxy) is 1. The van der Waals surface area contributed by atoms with Crippen molar-refractivity contribution in [3.05, 3.63) is 93.0 Å². The molecule has 1 atom stereocenters. The number of benzene rings is 3. The molecule has 0 aliphatic heterocycles. The fourth-order valence-electron chi connectivity index (χ4n) is 4.91. The van der Waals surface area contributed by atoms with E-state index in [-0.39, 0.29) is 18.0 Å². The minimum Gasteiger partial charge on any atom is -0.488 e. The number of rotatable bonds is 12. The van der Waals surface area contributed by atoms with E-state index in [0.717, 1.165) is 0 Å².